The molecule has 1 amide bonds. The van der Waals surface area contributed by atoms with Crippen molar-refractivity contribution in [1.29, 1.82) is 5.26 Å². The molecule has 0 bridgehead atoms. The summed E-state index contributed by atoms with van der Waals surface area (Å²) in [4.78, 5) is 12.8. The van der Waals surface area contributed by atoms with Crippen molar-refractivity contribution in [3.8, 4) is 6.07 Å². The van der Waals surface area contributed by atoms with Gasteiger partial charge in [0.1, 0.15) is 23.4 Å². The lowest BCUT2D eigenvalue weighted by Crippen LogP contribution is -2.54. The number of sulfone groups is 1. The third-order valence-electron chi connectivity index (χ3n) is 5.52. The summed E-state index contributed by atoms with van der Waals surface area (Å²) in [7, 11) is -3.87. The van der Waals surface area contributed by atoms with Crippen LogP contribution in [0.1, 0.15) is 63.5 Å². The van der Waals surface area contributed by atoms with E-state index in [1.165, 1.54) is 0 Å². The lowest BCUT2D eigenvalue weighted by molar-refractivity contribution is -0.160. The molecule has 11 heteroatoms. The van der Waals surface area contributed by atoms with Gasteiger partial charge >= 0.3 is 6.18 Å². The molecule has 6 nitrogen and oxygen atoms in total. The van der Waals surface area contributed by atoms with Gasteiger partial charge in [-0.1, -0.05) is 44.7 Å². The molecule has 184 valence electrons. The van der Waals surface area contributed by atoms with E-state index < -0.39 is 51.1 Å². The maximum atomic E-state index is 13.8. The van der Waals surface area contributed by atoms with Gasteiger partial charge in [0.2, 0.25) is 5.91 Å². The van der Waals surface area contributed by atoms with E-state index in [2.05, 4.69) is 10.6 Å². The highest BCUT2D eigenvalue weighted by Crippen LogP contribution is 2.35. The number of rotatable bonds is 13. The van der Waals surface area contributed by atoms with Crippen molar-refractivity contribution in [2.75, 3.05) is 11.5 Å². The lowest BCUT2D eigenvalue weighted by atomic mass is 10.0. The maximum absolute atomic E-state index is 13.8. The zero-order chi connectivity index (χ0) is 24.7. The summed E-state index contributed by atoms with van der Waals surface area (Å²) in [5.41, 5.74) is -1.54. The van der Waals surface area contributed by atoms with Crippen LogP contribution in [0.4, 0.5) is 17.6 Å². The van der Waals surface area contributed by atoms with Gasteiger partial charge in [-0.05, 0) is 37.0 Å². The fourth-order valence-electron chi connectivity index (χ4n) is 3.41. The molecule has 2 atom stereocenters. The standard InChI is InChI=1S/C22H29F4N3O3S/c1-2-3-4-5-6-13-33(31,32)14-18(20(30)29-21(15-27)11-12-21)28-19(22(24,25)26)16-7-9-17(23)10-8-16/h7-10,18-19,28H,2-6,11-14H2,1H3,(H,29,30)/t18-,19-/m0/s1. The maximum Gasteiger partial charge on any atom is 0.407 e. The zero-order valence-corrected chi connectivity index (χ0v) is 19.2. The molecule has 1 saturated carbocycles. The van der Waals surface area contributed by atoms with Crippen LogP contribution in [0, 0.1) is 17.1 Å². The monoisotopic (exact) mass is 491 g/mol. The Hall–Kier alpha value is -2.19. The highest BCUT2D eigenvalue weighted by Gasteiger charge is 2.48. The van der Waals surface area contributed by atoms with Crippen LogP contribution in [0.5, 0.6) is 0 Å². The number of carbonyl (C=O) groups is 1. The van der Waals surface area contributed by atoms with Crippen LogP contribution in [-0.4, -0.2) is 43.6 Å². The Balaban J connectivity index is 2.22. The van der Waals surface area contributed by atoms with Crippen LogP contribution >= 0.6 is 0 Å². The molecular formula is C22H29F4N3O3S. The number of hydrogen-bond donors (Lipinski definition) is 2. The van der Waals surface area contributed by atoms with Gasteiger partial charge < -0.3 is 5.32 Å². The lowest BCUT2D eigenvalue weighted by Gasteiger charge is -2.28. The molecule has 0 unspecified atom stereocenters. The third kappa shape index (κ3) is 8.59. The molecule has 0 aromatic heterocycles. The Kier molecular flexibility index (Phi) is 9.26. The van der Waals surface area contributed by atoms with Crippen LogP contribution in [0.15, 0.2) is 24.3 Å². The molecule has 0 heterocycles. The predicted molar refractivity (Wildman–Crippen MR) is 115 cm³/mol. The predicted octanol–water partition coefficient (Wildman–Crippen LogP) is 3.94. The van der Waals surface area contributed by atoms with Crippen LogP contribution in [0.2, 0.25) is 0 Å². The number of alkyl halides is 3. The number of nitrogens with zero attached hydrogens (tertiary/aromatic N) is 1. The third-order valence-corrected chi connectivity index (χ3v) is 7.27. The molecule has 1 aromatic carbocycles. The molecule has 0 spiro atoms. The number of nitriles is 1. The first kappa shape index (κ1) is 27.1. The molecule has 1 aliphatic carbocycles. The van der Waals surface area contributed by atoms with Crippen LogP contribution < -0.4 is 10.6 Å². The summed E-state index contributed by atoms with van der Waals surface area (Å²) in [6.07, 6.45) is -0.420. The van der Waals surface area contributed by atoms with Gasteiger partial charge in [-0.3, -0.25) is 10.1 Å². The van der Waals surface area contributed by atoms with E-state index in [0.717, 1.165) is 43.5 Å². The molecule has 0 aliphatic heterocycles. The number of unbranched alkanes of at least 4 members (excludes halogenated alkanes) is 4. The summed E-state index contributed by atoms with van der Waals surface area (Å²) in [6, 6.07) is 1.32. The molecule has 0 saturated heterocycles. The normalized spacial score (nSPS) is 17.1. The van der Waals surface area contributed by atoms with Crippen LogP contribution in [0.3, 0.4) is 0 Å². The summed E-state index contributed by atoms with van der Waals surface area (Å²) in [6.45, 7) is 2.01. The smallest absolute Gasteiger partial charge is 0.336 e. The fraction of sp³-hybridized carbons (Fsp3) is 0.636. The van der Waals surface area contributed by atoms with Gasteiger partial charge in [0, 0.05) is 0 Å². The molecule has 33 heavy (non-hydrogen) atoms. The molecule has 2 N–H and O–H groups in total. The summed E-state index contributed by atoms with van der Waals surface area (Å²) < 4.78 is 79.9. The van der Waals surface area contributed by atoms with Crippen molar-refractivity contribution in [2.45, 2.75) is 75.7 Å². The topological polar surface area (TPSA) is 99.1 Å². The van der Waals surface area contributed by atoms with Gasteiger partial charge in [-0.15, -0.1) is 0 Å². The molecular weight excluding hydrogens is 462 g/mol. The molecule has 1 aromatic rings. The number of carbonyl (C=O) groups excluding carboxylic acids is 1. The van der Waals surface area contributed by atoms with E-state index in [4.69, 9.17) is 0 Å². The zero-order valence-electron chi connectivity index (χ0n) is 18.4. The summed E-state index contributed by atoms with van der Waals surface area (Å²) in [5.74, 6) is -2.81. The second-order valence-corrected chi connectivity index (χ2v) is 10.7. The van der Waals surface area contributed by atoms with E-state index in [-0.39, 0.29) is 11.3 Å². The number of halogens is 4. The number of hydrogen-bond acceptors (Lipinski definition) is 5. The minimum Gasteiger partial charge on any atom is -0.336 e. The Labute approximate surface area is 191 Å². The van der Waals surface area contributed by atoms with E-state index in [1.54, 1.807) is 0 Å². The molecule has 1 fully saturated rings. The van der Waals surface area contributed by atoms with E-state index in [9.17, 15) is 36.0 Å². The van der Waals surface area contributed by atoms with E-state index >= 15 is 0 Å². The summed E-state index contributed by atoms with van der Waals surface area (Å²) >= 11 is 0. The average Bonchev–Trinajstić information content (AvgIpc) is 3.50. The fourth-order valence-corrected chi connectivity index (χ4v) is 4.98. The van der Waals surface area contributed by atoms with Crippen molar-refractivity contribution < 1.29 is 30.8 Å². The van der Waals surface area contributed by atoms with Crippen molar-refractivity contribution in [3.63, 3.8) is 0 Å². The Morgan fingerprint density at radius 3 is 2.27 bits per heavy atom. The number of amides is 1. The Bertz CT molecular complexity index is 939. The molecule has 2 rings (SSSR count). The number of benzene rings is 1. The first-order valence-electron chi connectivity index (χ1n) is 10.9. The quantitative estimate of drug-likeness (QED) is 0.322. The van der Waals surface area contributed by atoms with Gasteiger partial charge in [0.05, 0.1) is 17.6 Å². The van der Waals surface area contributed by atoms with Crippen molar-refractivity contribution >= 4 is 15.7 Å². The second kappa shape index (κ2) is 11.3. The highest BCUT2D eigenvalue weighted by atomic mass is 32.2. The van der Waals surface area contributed by atoms with Gasteiger partial charge in [0.15, 0.2) is 9.84 Å². The van der Waals surface area contributed by atoms with Crippen molar-refractivity contribution in [3.05, 3.63) is 35.6 Å². The SMILES string of the molecule is CCCCCCCS(=O)(=O)C[C@H](N[C@@H](c1ccc(F)cc1)C(F)(F)F)C(=O)NC1(C#N)CC1. The molecule has 1 aliphatic rings. The average molecular weight is 492 g/mol. The second-order valence-electron chi connectivity index (χ2n) is 8.46. The van der Waals surface area contributed by atoms with Crippen molar-refractivity contribution in [1.82, 2.24) is 10.6 Å². The first-order valence-corrected chi connectivity index (χ1v) is 12.8. The van der Waals surface area contributed by atoms with Gasteiger partial charge in [-0.2, -0.15) is 18.4 Å². The van der Waals surface area contributed by atoms with Crippen LogP contribution in [0.25, 0.3) is 0 Å². The minimum atomic E-state index is -4.88. The Morgan fingerprint density at radius 2 is 1.76 bits per heavy atom. The van der Waals surface area contributed by atoms with Gasteiger partial charge in [0.25, 0.3) is 0 Å². The van der Waals surface area contributed by atoms with Crippen LogP contribution in [-0.2, 0) is 14.6 Å². The van der Waals surface area contributed by atoms with Gasteiger partial charge in [-0.25, -0.2) is 12.8 Å². The molecule has 0 radical (unpaired) electrons. The number of nitrogens with one attached hydrogen (secondary N) is 2. The highest BCUT2D eigenvalue weighted by molar-refractivity contribution is 7.91. The van der Waals surface area contributed by atoms with E-state index in [1.807, 2.05) is 13.0 Å². The Morgan fingerprint density at radius 1 is 1.15 bits per heavy atom. The van der Waals surface area contributed by atoms with E-state index in [0.29, 0.717) is 25.7 Å². The largest absolute Gasteiger partial charge is 0.407 e. The minimum absolute atomic E-state index is 0.251. The van der Waals surface area contributed by atoms with Crippen molar-refractivity contribution in [2.24, 2.45) is 0 Å². The summed E-state index contributed by atoms with van der Waals surface area (Å²) in [5, 5.41) is 13.7. The first-order chi connectivity index (χ1) is 15.4.